The highest BCUT2D eigenvalue weighted by atomic mass is 16.3. The highest BCUT2D eigenvalue weighted by Gasteiger charge is 2.45. The van der Waals surface area contributed by atoms with E-state index in [0.717, 1.165) is 38.2 Å². The maximum Gasteiger partial charge on any atom is 0.223 e. The fraction of sp³-hybridized carbons (Fsp3) is 0.722. The fourth-order valence-electron chi connectivity index (χ4n) is 3.30. The molecule has 1 heterocycles. The molecular formula is C18H30N2O2. The molecule has 0 spiro atoms. The minimum absolute atomic E-state index is 0.0996. The van der Waals surface area contributed by atoms with Crippen LogP contribution >= 0.6 is 0 Å². The Morgan fingerprint density at radius 2 is 2.14 bits per heavy atom. The Morgan fingerprint density at radius 1 is 1.41 bits per heavy atom. The summed E-state index contributed by atoms with van der Waals surface area (Å²) in [7, 11) is 0. The Labute approximate surface area is 134 Å². The third-order valence-electron chi connectivity index (χ3n) is 4.62. The van der Waals surface area contributed by atoms with Gasteiger partial charge in [-0.15, -0.1) is 0 Å². The lowest BCUT2D eigenvalue weighted by Crippen LogP contribution is -2.45. The predicted molar refractivity (Wildman–Crippen MR) is 88.7 cm³/mol. The molecule has 1 aliphatic rings. The van der Waals surface area contributed by atoms with Crippen LogP contribution in [0.15, 0.2) is 22.8 Å². The molecule has 2 rings (SSSR count). The van der Waals surface area contributed by atoms with Gasteiger partial charge in [-0.2, -0.15) is 0 Å². The molecule has 1 fully saturated rings. The number of hydrogen-bond acceptors (Lipinski definition) is 3. The van der Waals surface area contributed by atoms with Gasteiger partial charge in [0.25, 0.3) is 0 Å². The third kappa shape index (κ3) is 4.35. The second-order valence-corrected chi connectivity index (χ2v) is 6.71. The van der Waals surface area contributed by atoms with E-state index in [4.69, 9.17) is 4.42 Å². The summed E-state index contributed by atoms with van der Waals surface area (Å²) in [5.41, 5.74) is 0. The van der Waals surface area contributed by atoms with Crippen LogP contribution < -0.4 is 5.32 Å². The zero-order chi connectivity index (χ0) is 16.1. The summed E-state index contributed by atoms with van der Waals surface area (Å²) in [6, 6.07) is 4.29. The molecule has 1 saturated carbocycles. The van der Waals surface area contributed by atoms with Crippen molar-refractivity contribution >= 4 is 5.91 Å². The molecule has 1 amide bonds. The molecule has 0 bridgehead atoms. The number of amides is 1. The Morgan fingerprint density at radius 3 is 2.68 bits per heavy atom. The summed E-state index contributed by atoms with van der Waals surface area (Å²) in [6.45, 7) is 11.7. The highest BCUT2D eigenvalue weighted by Crippen LogP contribution is 2.47. The fourth-order valence-corrected chi connectivity index (χ4v) is 3.30. The topological polar surface area (TPSA) is 45.5 Å². The second kappa shape index (κ2) is 7.82. The van der Waals surface area contributed by atoms with E-state index >= 15 is 0 Å². The molecule has 124 valence electrons. The molecule has 1 N–H and O–H groups in total. The summed E-state index contributed by atoms with van der Waals surface area (Å²) >= 11 is 0. The van der Waals surface area contributed by atoms with E-state index in [-0.39, 0.29) is 17.7 Å². The molecule has 0 unspecified atom stereocenters. The Kier molecular flexibility index (Phi) is 6.07. The summed E-state index contributed by atoms with van der Waals surface area (Å²) in [4.78, 5) is 14.8. The van der Waals surface area contributed by atoms with Gasteiger partial charge in [0, 0.05) is 24.4 Å². The van der Waals surface area contributed by atoms with Gasteiger partial charge in [-0.3, -0.25) is 9.69 Å². The van der Waals surface area contributed by atoms with E-state index in [1.165, 1.54) is 0 Å². The van der Waals surface area contributed by atoms with Crippen LogP contribution in [0, 0.1) is 11.8 Å². The van der Waals surface area contributed by atoms with E-state index in [2.05, 4.69) is 37.9 Å². The summed E-state index contributed by atoms with van der Waals surface area (Å²) in [5, 5.41) is 3.17. The van der Waals surface area contributed by atoms with Gasteiger partial charge in [0.1, 0.15) is 5.76 Å². The maximum absolute atomic E-state index is 12.3. The zero-order valence-electron chi connectivity index (χ0n) is 14.3. The Bertz CT molecular complexity index is 452. The van der Waals surface area contributed by atoms with Crippen LogP contribution in [0.3, 0.4) is 0 Å². The van der Waals surface area contributed by atoms with E-state index in [9.17, 15) is 4.79 Å². The number of nitrogens with zero attached hydrogens (tertiary/aromatic N) is 1. The first-order chi connectivity index (χ1) is 10.6. The normalized spacial score (nSPS) is 22.1. The molecule has 0 aliphatic heterocycles. The summed E-state index contributed by atoms with van der Waals surface area (Å²) in [5.74, 6) is 2.15. The van der Waals surface area contributed by atoms with Gasteiger partial charge in [0.05, 0.1) is 6.26 Å². The minimum atomic E-state index is 0.0996. The van der Waals surface area contributed by atoms with Crippen molar-refractivity contribution in [3.63, 3.8) is 0 Å². The summed E-state index contributed by atoms with van der Waals surface area (Å²) < 4.78 is 5.40. The predicted octanol–water partition coefficient (Wildman–Crippen LogP) is 3.26. The Balaban J connectivity index is 1.83. The number of hydrogen-bond donors (Lipinski definition) is 1. The van der Waals surface area contributed by atoms with Crippen molar-refractivity contribution in [1.82, 2.24) is 10.2 Å². The molecule has 0 radical (unpaired) electrons. The minimum Gasteiger partial charge on any atom is -0.469 e. The van der Waals surface area contributed by atoms with Gasteiger partial charge in [0.15, 0.2) is 0 Å². The van der Waals surface area contributed by atoms with Crippen molar-refractivity contribution in [2.75, 3.05) is 19.6 Å². The molecule has 0 saturated heterocycles. The first-order valence-corrected chi connectivity index (χ1v) is 8.61. The van der Waals surface area contributed by atoms with Gasteiger partial charge in [0.2, 0.25) is 5.91 Å². The molecule has 22 heavy (non-hydrogen) atoms. The van der Waals surface area contributed by atoms with Gasteiger partial charge >= 0.3 is 0 Å². The Hall–Kier alpha value is -1.29. The number of carbonyl (C=O) groups excluding carboxylic acids is 1. The largest absolute Gasteiger partial charge is 0.469 e. The highest BCUT2D eigenvalue weighted by molar-refractivity contribution is 5.82. The van der Waals surface area contributed by atoms with Gasteiger partial charge in [-0.1, -0.05) is 27.7 Å². The van der Waals surface area contributed by atoms with Crippen molar-refractivity contribution in [2.24, 2.45) is 11.8 Å². The standard InChI is InChI=1S/C18H30N2O2/c1-5-20(6-2)14(10-13(3)4)12-19-18(21)16-11-15(16)17-8-7-9-22-17/h7-9,13-16H,5-6,10-12H2,1-4H3,(H,19,21)/t14-,15+,16+/m0/s1. The molecule has 3 atom stereocenters. The van der Waals surface area contributed by atoms with Gasteiger partial charge in [-0.05, 0) is 44.0 Å². The van der Waals surface area contributed by atoms with E-state index in [1.807, 2.05) is 12.1 Å². The van der Waals surface area contributed by atoms with E-state index in [1.54, 1.807) is 6.26 Å². The molecule has 1 aromatic rings. The lowest BCUT2D eigenvalue weighted by atomic mass is 10.0. The average molecular weight is 306 g/mol. The first-order valence-electron chi connectivity index (χ1n) is 8.61. The smallest absolute Gasteiger partial charge is 0.223 e. The molecule has 1 aliphatic carbocycles. The van der Waals surface area contributed by atoms with Crippen LogP contribution in [0.1, 0.15) is 52.2 Å². The van der Waals surface area contributed by atoms with Crippen LogP contribution in [0.5, 0.6) is 0 Å². The van der Waals surface area contributed by atoms with Crippen molar-refractivity contribution in [3.05, 3.63) is 24.2 Å². The molecule has 4 nitrogen and oxygen atoms in total. The number of nitrogens with one attached hydrogen (secondary N) is 1. The summed E-state index contributed by atoms with van der Waals surface area (Å²) in [6.07, 6.45) is 3.72. The van der Waals surface area contributed by atoms with Crippen molar-refractivity contribution < 1.29 is 9.21 Å². The van der Waals surface area contributed by atoms with E-state index in [0.29, 0.717) is 12.0 Å². The SMILES string of the molecule is CCN(CC)[C@H](CNC(=O)[C@@H]1C[C@H]1c1ccco1)CC(C)C. The van der Waals surface area contributed by atoms with Crippen molar-refractivity contribution in [1.29, 1.82) is 0 Å². The number of furan rings is 1. The monoisotopic (exact) mass is 306 g/mol. The number of likely N-dealkylation sites (N-methyl/N-ethyl adjacent to an activating group) is 1. The van der Waals surface area contributed by atoms with Gasteiger partial charge < -0.3 is 9.73 Å². The lowest BCUT2D eigenvalue weighted by molar-refractivity contribution is -0.122. The van der Waals surface area contributed by atoms with Gasteiger partial charge in [-0.25, -0.2) is 0 Å². The maximum atomic E-state index is 12.3. The van der Waals surface area contributed by atoms with Crippen LogP contribution in [0.2, 0.25) is 0 Å². The van der Waals surface area contributed by atoms with Crippen LogP contribution in [-0.4, -0.2) is 36.5 Å². The molecular weight excluding hydrogens is 276 g/mol. The lowest BCUT2D eigenvalue weighted by Gasteiger charge is -2.31. The third-order valence-corrected chi connectivity index (χ3v) is 4.62. The van der Waals surface area contributed by atoms with Crippen LogP contribution in [-0.2, 0) is 4.79 Å². The van der Waals surface area contributed by atoms with Crippen molar-refractivity contribution in [3.8, 4) is 0 Å². The van der Waals surface area contributed by atoms with Crippen LogP contribution in [0.25, 0.3) is 0 Å². The number of carbonyl (C=O) groups is 1. The second-order valence-electron chi connectivity index (χ2n) is 6.71. The first kappa shape index (κ1) is 17.1. The zero-order valence-corrected chi connectivity index (χ0v) is 14.3. The molecule has 1 aromatic heterocycles. The van der Waals surface area contributed by atoms with E-state index < -0.39 is 0 Å². The molecule has 0 aromatic carbocycles. The average Bonchev–Trinajstić information content (AvgIpc) is 3.10. The quantitative estimate of drug-likeness (QED) is 0.761. The number of rotatable bonds is 9. The molecule has 4 heteroatoms. The van der Waals surface area contributed by atoms with Crippen molar-refractivity contribution in [2.45, 2.75) is 52.5 Å². The van der Waals surface area contributed by atoms with Crippen LogP contribution in [0.4, 0.5) is 0 Å².